The normalized spacial score (nSPS) is 10.3. The van der Waals surface area contributed by atoms with Gasteiger partial charge in [0, 0.05) is 24.7 Å². The van der Waals surface area contributed by atoms with Gasteiger partial charge in [-0.3, -0.25) is 4.79 Å². The lowest BCUT2D eigenvalue weighted by Gasteiger charge is -2.19. The topological polar surface area (TPSA) is 29.5 Å². The summed E-state index contributed by atoms with van der Waals surface area (Å²) in [5, 5.41) is 0. The molecular formula is C18H21NO2. The minimum absolute atomic E-state index is 0.0176. The molecule has 0 aliphatic heterocycles. The third-order valence-electron chi connectivity index (χ3n) is 3.70. The smallest absolute Gasteiger partial charge is 0.253 e. The van der Waals surface area contributed by atoms with Crippen molar-refractivity contribution in [3.8, 4) is 5.75 Å². The number of nitrogens with zero attached hydrogens (tertiary/aromatic N) is 1. The fourth-order valence-electron chi connectivity index (χ4n) is 2.26. The minimum atomic E-state index is 0.0176. The van der Waals surface area contributed by atoms with Crippen molar-refractivity contribution in [3.05, 3.63) is 64.7 Å². The molecule has 110 valence electrons. The molecule has 21 heavy (non-hydrogen) atoms. The van der Waals surface area contributed by atoms with Crippen LogP contribution >= 0.6 is 0 Å². The Hall–Kier alpha value is -2.29. The van der Waals surface area contributed by atoms with Crippen molar-refractivity contribution in [2.45, 2.75) is 20.4 Å². The van der Waals surface area contributed by atoms with Crippen LogP contribution in [-0.2, 0) is 6.54 Å². The highest BCUT2D eigenvalue weighted by Gasteiger charge is 2.14. The monoisotopic (exact) mass is 283 g/mol. The van der Waals surface area contributed by atoms with Crippen molar-refractivity contribution < 1.29 is 9.53 Å². The van der Waals surface area contributed by atoms with Gasteiger partial charge < -0.3 is 9.64 Å². The second-order valence-electron chi connectivity index (χ2n) is 5.27. The zero-order valence-electron chi connectivity index (χ0n) is 13.0. The van der Waals surface area contributed by atoms with Gasteiger partial charge in [0.15, 0.2) is 0 Å². The average molecular weight is 283 g/mol. The molecule has 0 aromatic heterocycles. The minimum Gasteiger partial charge on any atom is -0.496 e. The number of hydrogen-bond acceptors (Lipinski definition) is 2. The number of benzene rings is 2. The van der Waals surface area contributed by atoms with Crippen LogP contribution in [0.15, 0.2) is 42.5 Å². The Kier molecular flexibility index (Phi) is 4.63. The van der Waals surface area contributed by atoms with Gasteiger partial charge in [-0.05, 0) is 43.2 Å². The molecule has 0 saturated carbocycles. The summed E-state index contributed by atoms with van der Waals surface area (Å²) in [7, 11) is 3.45. The molecule has 3 heteroatoms. The summed E-state index contributed by atoms with van der Waals surface area (Å²) in [5.74, 6) is 0.821. The van der Waals surface area contributed by atoms with Crippen molar-refractivity contribution >= 4 is 5.91 Å². The van der Waals surface area contributed by atoms with E-state index < -0.39 is 0 Å². The molecule has 0 aliphatic rings. The van der Waals surface area contributed by atoms with Crippen LogP contribution in [0.2, 0.25) is 0 Å². The maximum atomic E-state index is 12.5. The van der Waals surface area contributed by atoms with Crippen LogP contribution in [0, 0.1) is 13.8 Å². The molecular weight excluding hydrogens is 262 g/mol. The fourth-order valence-corrected chi connectivity index (χ4v) is 2.26. The van der Waals surface area contributed by atoms with E-state index in [2.05, 4.69) is 0 Å². The Morgan fingerprint density at radius 3 is 2.48 bits per heavy atom. The molecule has 0 heterocycles. The Bertz CT molecular complexity index is 649. The second kappa shape index (κ2) is 6.44. The number of rotatable bonds is 4. The lowest BCUT2D eigenvalue weighted by Crippen LogP contribution is -2.26. The third-order valence-corrected chi connectivity index (χ3v) is 3.70. The van der Waals surface area contributed by atoms with Crippen LogP contribution in [-0.4, -0.2) is 25.0 Å². The number of hydrogen-bond donors (Lipinski definition) is 0. The maximum Gasteiger partial charge on any atom is 0.253 e. The van der Waals surface area contributed by atoms with Gasteiger partial charge in [-0.25, -0.2) is 0 Å². The third kappa shape index (κ3) is 3.43. The summed E-state index contributed by atoms with van der Waals surface area (Å²) in [6, 6.07) is 13.6. The van der Waals surface area contributed by atoms with Crippen molar-refractivity contribution in [3.63, 3.8) is 0 Å². The molecule has 0 spiro atoms. The molecule has 0 saturated heterocycles. The van der Waals surface area contributed by atoms with Crippen molar-refractivity contribution in [1.82, 2.24) is 4.90 Å². The van der Waals surface area contributed by atoms with Gasteiger partial charge in [0.05, 0.1) is 7.11 Å². The number of carbonyl (C=O) groups excluding carboxylic acids is 1. The van der Waals surface area contributed by atoms with E-state index in [0.29, 0.717) is 6.54 Å². The Balaban J connectivity index is 2.17. The van der Waals surface area contributed by atoms with Gasteiger partial charge in [-0.15, -0.1) is 0 Å². The standard InChI is InChI=1S/C18H21NO2/c1-13-9-10-15(11-14(13)2)18(20)19(3)12-16-7-5-6-8-17(16)21-4/h5-11H,12H2,1-4H3. The molecule has 1 amide bonds. The average Bonchev–Trinajstić information content (AvgIpc) is 2.49. The van der Waals surface area contributed by atoms with Crippen molar-refractivity contribution in [2.24, 2.45) is 0 Å². The fraction of sp³-hybridized carbons (Fsp3) is 0.278. The Morgan fingerprint density at radius 1 is 1.10 bits per heavy atom. The highest BCUT2D eigenvalue weighted by molar-refractivity contribution is 5.94. The molecule has 2 aromatic carbocycles. The zero-order chi connectivity index (χ0) is 15.4. The summed E-state index contributed by atoms with van der Waals surface area (Å²) in [6.07, 6.45) is 0. The number of para-hydroxylation sites is 1. The van der Waals surface area contributed by atoms with Crippen LogP contribution < -0.4 is 4.74 Å². The molecule has 0 aliphatic carbocycles. The SMILES string of the molecule is COc1ccccc1CN(C)C(=O)c1ccc(C)c(C)c1. The number of aryl methyl sites for hydroxylation is 2. The Labute approximate surface area is 126 Å². The summed E-state index contributed by atoms with van der Waals surface area (Å²) >= 11 is 0. The predicted molar refractivity (Wildman–Crippen MR) is 84.7 cm³/mol. The van der Waals surface area contributed by atoms with Gasteiger partial charge in [-0.1, -0.05) is 24.3 Å². The molecule has 0 fully saturated rings. The number of amides is 1. The van der Waals surface area contributed by atoms with E-state index in [1.54, 1.807) is 12.0 Å². The van der Waals surface area contributed by atoms with E-state index >= 15 is 0 Å². The number of carbonyl (C=O) groups is 1. The van der Waals surface area contributed by atoms with Gasteiger partial charge in [0.1, 0.15) is 5.75 Å². The van der Waals surface area contributed by atoms with Gasteiger partial charge in [0.25, 0.3) is 5.91 Å². The summed E-state index contributed by atoms with van der Waals surface area (Å²) in [4.78, 5) is 14.2. The van der Waals surface area contributed by atoms with E-state index in [1.165, 1.54) is 5.56 Å². The first-order valence-corrected chi connectivity index (χ1v) is 6.97. The first-order chi connectivity index (χ1) is 10.0. The summed E-state index contributed by atoms with van der Waals surface area (Å²) in [6.45, 7) is 4.59. The molecule has 0 radical (unpaired) electrons. The first kappa shape index (κ1) is 15.1. The Morgan fingerprint density at radius 2 is 1.81 bits per heavy atom. The second-order valence-corrected chi connectivity index (χ2v) is 5.27. The van der Waals surface area contributed by atoms with Crippen LogP contribution in [0.3, 0.4) is 0 Å². The first-order valence-electron chi connectivity index (χ1n) is 6.97. The summed E-state index contributed by atoms with van der Waals surface area (Å²) in [5.41, 5.74) is 4.04. The lowest BCUT2D eigenvalue weighted by molar-refractivity contribution is 0.0784. The van der Waals surface area contributed by atoms with Gasteiger partial charge in [0.2, 0.25) is 0 Å². The van der Waals surface area contributed by atoms with E-state index in [0.717, 1.165) is 22.4 Å². The molecule has 3 nitrogen and oxygen atoms in total. The quantitative estimate of drug-likeness (QED) is 0.858. The molecule has 2 rings (SSSR count). The molecule has 0 atom stereocenters. The highest BCUT2D eigenvalue weighted by atomic mass is 16.5. The van der Waals surface area contributed by atoms with Crippen molar-refractivity contribution in [2.75, 3.05) is 14.2 Å². The lowest BCUT2D eigenvalue weighted by atomic mass is 10.1. The number of methoxy groups -OCH3 is 1. The maximum absolute atomic E-state index is 12.5. The largest absolute Gasteiger partial charge is 0.496 e. The predicted octanol–water partition coefficient (Wildman–Crippen LogP) is 3.58. The van der Waals surface area contributed by atoms with Crippen LogP contribution in [0.25, 0.3) is 0 Å². The van der Waals surface area contributed by atoms with E-state index in [9.17, 15) is 4.79 Å². The van der Waals surface area contributed by atoms with E-state index in [4.69, 9.17) is 4.74 Å². The van der Waals surface area contributed by atoms with Gasteiger partial charge >= 0.3 is 0 Å². The van der Waals surface area contributed by atoms with Crippen LogP contribution in [0.4, 0.5) is 0 Å². The molecule has 0 N–H and O–H groups in total. The van der Waals surface area contributed by atoms with Crippen molar-refractivity contribution in [1.29, 1.82) is 0 Å². The van der Waals surface area contributed by atoms with Crippen LogP contribution in [0.1, 0.15) is 27.0 Å². The van der Waals surface area contributed by atoms with Crippen LogP contribution in [0.5, 0.6) is 5.75 Å². The number of ether oxygens (including phenoxy) is 1. The molecule has 2 aromatic rings. The molecule has 0 bridgehead atoms. The van der Waals surface area contributed by atoms with E-state index in [1.807, 2.05) is 63.4 Å². The zero-order valence-corrected chi connectivity index (χ0v) is 13.0. The highest BCUT2D eigenvalue weighted by Crippen LogP contribution is 2.20. The summed E-state index contributed by atoms with van der Waals surface area (Å²) < 4.78 is 5.33. The van der Waals surface area contributed by atoms with Gasteiger partial charge in [-0.2, -0.15) is 0 Å². The van der Waals surface area contributed by atoms with E-state index in [-0.39, 0.29) is 5.91 Å². The molecule has 0 unspecified atom stereocenters.